The molecule has 2 heterocycles. The standard InChI is InChI=1S/C16H18O2S2/c1-3-5-11-7-9-13(19-11)15(17)16(18)14-10-8-12(20-14)6-4-2/h7-10H,3-6H2,1-2H3. The van der Waals surface area contributed by atoms with Crippen LogP contribution in [0, 0.1) is 0 Å². The van der Waals surface area contributed by atoms with Crippen LogP contribution in [0.5, 0.6) is 0 Å². The van der Waals surface area contributed by atoms with E-state index in [0.717, 1.165) is 25.7 Å². The summed E-state index contributed by atoms with van der Waals surface area (Å²) in [6.45, 7) is 4.21. The molecule has 0 N–H and O–H groups in total. The fraction of sp³-hybridized carbons (Fsp3) is 0.375. The minimum Gasteiger partial charge on any atom is -0.284 e. The van der Waals surface area contributed by atoms with Crippen molar-refractivity contribution in [2.24, 2.45) is 0 Å². The Kier molecular flexibility index (Phi) is 5.26. The highest BCUT2D eigenvalue weighted by atomic mass is 32.1. The van der Waals surface area contributed by atoms with Crippen LogP contribution in [-0.4, -0.2) is 11.6 Å². The van der Waals surface area contributed by atoms with Crippen molar-refractivity contribution < 1.29 is 9.59 Å². The first kappa shape index (κ1) is 15.1. The largest absolute Gasteiger partial charge is 0.284 e. The Hall–Kier alpha value is -1.26. The zero-order chi connectivity index (χ0) is 14.5. The molecular weight excluding hydrogens is 288 g/mol. The van der Waals surface area contributed by atoms with Crippen molar-refractivity contribution in [3.63, 3.8) is 0 Å². The summed E-state index contributed by atoms with van der Waals surface area (Å²) in [7, 11) is 0. The zero-order valence-corrected chi connectivity index (χ0v) is 13.4. The fourth-order valence-electron chi connectivity index (χ4n) is 1.99. The van der Waals surface area contributed by atoms with Crippen LogP contribution in [0.25, 0.3) is 0 Å². The average molecular weight is 306 g/mol. The highest BCUT2D eigenvalue weighted by Gasteiger charge is 2.21. The van der Waals surface area contributed by atoms with Crippen LogP contribution < -0.4 is 0 Å². The van der Waals surface area contributed by atoms with Crippen molar-refractivity contribution in [2.45, 2.75) is 39.5 Å². The smallest absolute Gasteiger partial charge is 0.244 e. The van der Waals surface area contributed by atoms with Gasteiger partial charge in [-0.25, -0.2) is 0 Å². The number of thiophene rings is 2. The van der Waals surface area contributed by atoms with E-state index in [2.05, 4.69) is 13.8 Å². The lowest BCUT2D eigenvalue weighted by molar-refractivity contribution is 0.0821. The molecule has 0 radical (unpaired) electrons. The molecule has 2 rings (SSSR count). The molecule has 0 aliphatic heterocycles. The van der Waals surface area contributed by atoms with E-state index in [1.165, 1.54) is 32.4 Å². The van der Waals surface area contributed by atoms with Crippen LogP contribution in [0.4, 0.5) is 0 Å². The van der Waals surface area contributed by atoms with Crippen molar-refractivity contribution in [2.75, 3.05) is 0 Å². The molecule has 0 atom stereocenters. The van der Waals surface area contributed by atoms with Gasteiger partial charge in [-0.1, -0.05) is 26.7 Å². The lowest BCUT2D eigenvalue weighted by Gasteiger charge is -1.95. The van der Waals surface area contributed by atoms with E-state index in [9.17, 15) is 9.59 Å². The van der Waals surface area contributed by atoms with Crippen LogP contribution in [0.3, 0.4) is 0 Å². The van der Waals surface area contributed by atoms with Gasteiger partial charge in [-0.3, -0.25) is 9.59 Å². The van der Waals surface area contributed by atoms with E-state index < -0.39 is 0 Å². The molecule has 0 aliphatic carbocycles. The molecule has 0 saturated heterocycles. The number of aryl methyl sites for hydroxylation is 2. The first-order valence-corrected chi connectivity index (χ1v) is 8.55. The molecule has 2 nitrogen and oxygen atoms in total. The van der Waals surface area contributed by atoms with Crippen molar-refractivity contribution in [1.82, 2.24) is 0 Å². The number of hydrogen-bond donors (Lipinski definition) is 0. The molecule has 0 spiro atoms. The Bertz CT molecular complexity index is 553. The van der Waals surface area contributed by atoms with Gasteiger partial charge in [0.1, 0.15) is 0 Å². The minimum absolute atomic E-state index is 0.373. The fourth-order valence-corrected chi connectivity index (χ4v) is 4.08. The van der Waals surface area contributed by atoms with E-state index in [0.29, 0.717) is 9.75 Å². The van der Waals surface area contributed by atoms with Crippen molar-refractivity contribution in [3.8, 4) is 0 Å². The molecular formula is C16H18O2S2. The topological polar surface area (TPSA) is 34.1 Å². The molecule has 20 heavy (non-hydrogen) atoms. The quantitative estimate of drug-likeness (QED) is 0.545. The van der Waals surface area contributed by atoms with Crippen LogP contribution in [0.15, 0.2) is 24.3 Å². The molecule has 2 aromatic rings. The van der Waals surface area contributed by atoms with Gasteiger partial charge in [-0.15, -0.1) is 22.7 Å². The van der Waals surface area contributed by atoms with Gasteiger partial charge < -0.3 is 0 Å². The predicted molar refractivity (Wildman–Crippen MR) is 85.3 cm³/mol. The summed E-state index contributed by atoms with van der Waals surface area (Å²) >= 11 is 2.88. The maximum absolute atomic E-state index is 12.2. The van der Waals surface area contributed by atoms with Gasteiger partial charge in [0, 0.05) is 9.75 Å². The van der Waals surface area contributed by atoms with E-state index in [1.807, 2.05) is 12.1 Å². The summed E-state index contributed by atoms with van der Waals surface area (Å²) in [5.41, 5.74) is 0. The number of hydrogen-bond acceptors (Lipinski definition) is 4. The summed E-state index contributed by atoms with van der Waals surface area (Å²) in [6, 6.07) is 7.45. The van der Waals surface area contributed by atoms with Gasteiger partial charge in [-0.05, 0) is 37.1 Å². The van der Waals surface area contributed by atoms with E-state index in [1.54, 1.807) is 12.1 Å². The lowest BCUT2D eigenvalue weighted by Crippen LogP contribution is -2.11. The van der Waals surface area contributed by atoms with E-state index >= 15 is 0 Å². The van der Waals surface area contributed by atoms with Crippen LogP contribution in [-0.2, 0) is 12.8 Å². The summed E-state index contributed by atoms with van der Waals surface area (Å²) in [6.07, 6.45) is 4.03. The van der Waals surface area contributed by atoms with Gasteiger partial charge in [0.2, 0.25) is 11.6 Å². The molecule has 0 unspecified atom stereocenters. The number of carbonyl (C=O) groups is 2. The Morgan fingerprint density at radius 2 is 1.20 bits per heavy atom. The van der Waals surface area contributed by atoms with Gasteiger partial charge in [-0.2, -0.15) is 0 Å². The Labute approximate surface area is 127 Å². The molecule has 2 aromatic heterocycles. The van der Waals surface area contributed by atoms with Crippen molar-refractivity contribution >= 4 is 34.2 Å². The van der Waals surface area contributed by atoms with Gasteiger partial charge in [0.25, 0.3) is 0 Å². The predicted octanol–water partition coefficient (Wildman–Crippen LogP) is 4.78. The van der Waals surface area contributed by atoms with Crippen LogP contribution in [0.1, 0.15) is 55.8 Å². The highest BCUT2D eigenvalue weighted by Crippen LogP contribution is 2.23. The maximum atomic E-state index is 12.2. The first-order chi connectivity index (χ1) is 9.65. The third kappa shape index (κ3) is 3.44. The number of Topliss-reactive ketones (excluding diaryl/α,β-unsaturated/α-hetero) is 2. The SMILES string of the molecule is CCCc1ccc(C(=O)C(=O)c2ccc(CCC)s2)s1. The van der Waals surface area contributed by atoms with Crippen LogP contribution in [0.2, 0.25) is 0 Å². The second kappa shape index (κ2) is 6.95. The van der Waals surface area contributed by atoms with Gasteiger partial charge >= 0.3 is 0 Å². The molecule has 0 saturated carbocycles. The summed E-state index contributed by atoms with van der Waals surface area (Å²) in [5.74, 6) is -0.746. The molecule has 0 aromatic carbocycles. The second-order valence-electron chi connectivity index (χ2n) is 4.69. The molecule has 0 amide bonds. The third-order valence-corrected chi connectivity index (χ3v) is 5.26. The minimum atomic E-state index is -0.373. The van der Waals surface area contributed by atoms with Crippen molar-refractivity contribution in [1.29, 1.82) is 0 Å². The third-order valence-electron chi connectivity index (χ3n) is 2.97. The summed E-state index contributed by atoms with van der Waals surface area (Å²) in [5, 5.41) is 0. The summed E-state index contributed by atoms with van der Waals surface area (Å²) in [4.78, 5) is 27.8. The molecule has 0 aliphatic rings. The first-order valence-electron chi connectivity index (χ1n) is 6.92. The normalized spacial score (nSPS) is 10.7. The monoisotopic (exact) mass is 306 g/mol. The number of ketones is 2. The van der Waals surface area contributed by atoms with Gasteiger partial charge in [0.05, 0.1) is 9.75 Å². The molecule has 4 heteroatoms. The Morgan fingerprint density at radius 1 is 0.800 bits per heavy atom. The van der Waals surface area contributed by atoms with Crippen LogP contribution >= 0.6 is 22.7 Å². The highest BCUT2D eigenvalue weighted by molar-refractivity contribution is 7.17. The van der Waals surface area contributed by atoms with Crippen molar-refractivity contribution in [3.05, 3.63) is 43.8 Å². The van der Waals surface area contributed by atoms with E-state index in [4.69, 9.17) is 0 Å². The second-order valence-corrected chi connectivity index (χ2v) is 7.03. The molecule has 106 valence electrons. The summed E-state index contributed by atoms with van der Waals surface area (Å²) < 4.78 is 0. The Morgan fingerprint density at radius 3 is 1.55 bits per heavy atom. The maximum Gasteiger partial charge on any atom is 0.244 e. The van der Waals surface area contributed by atoms with Gasteiger partial charge in [0.15, 0.2) is 0 Å². The molecule has 0 fully saturated rings. The Balaban J connectivity index is 2.12. The lowest BCUT2D eigenvalue weighted by atomic mass is 10.2. The average Bonchev–Trinajstić information content (AvgIpc) is 3.07. The van der Waals surface area contributed by atoms with E-state index in [-0.39, 0.29) is 11.6 Å². The molecule has 0 bridgehead atoms. The number of carbonyl (C=O) groups excluding carboxylic acids is 2. The zero-order valence-electron chi connectivity index (χ0n) is 11.8. The number of rotatable bonds is 7.